The van der Waals surface area contributed by atoms with Crippen LogP contribution in [0.15, 0.2) is 46.4 Å². The molecule has 10 heteroatoms. The summed E-state index contributed by atoms with van der Waals surface area (Å²) in [7, 11) is 0. The number of nitrogens with two attached hydrogens (primary N) is 1. The van der Waals surface area contributed by atoms with Crippen molar-refractivity contribution >= 4 is 35.0 Å². The van der Waals surface area contributed by atoms with Crippen molar-refractivity contribution in [3.63, 3.8) is 0 Å². The average molecular weight is 558 g/mol. The Kier molecular flexibility index (Phi) is 9.73. The zero-order chi connectivity index (χ0) is 27.1. The molecule has 0 aliphatic carbocycles. The summed E-state index contributed by atoms with van der Waals surface area (Å²) < 4.78 is 11.3. The molecule has 1 unspecified atom stereocenters. The Hall–Kier alpha value is -2.99. The summed E-state index contributed by atoms with van der Waals surface area (Å²) in [5, 5.41) is 10.8. The topological polar surface area (TPSA) is 99.5 Å². The van der Waals surface area contributed by atoms with E-state index in [1.165, 1.54) is 5.56 Å². The molecule has 2 aromatic rings. The van der Waals surface area contributed by atoms with Gasteiger partial charge in [0.15, 0.2) is 0 Å². The lowest BCUT2D eigenvalue weighted by atomic mass is 10.0. The molecule has 8 nitrogen and oxygen atoms in total. The lowest BCUT2D eigenvalue weighted by molar-refractivity contribution is 0.205. The molecule has 1 saturated heterocycles. The molecule has 2 aliphatic rings. The Balaban J connectivity index is 1.44. The summed E-state index contributed by atoms with van der Waals surface area (Å²) in [6.07, 6.45) is 1.82. The molecule has 38 heavy (non-hydrogen) atoms. The number of benzene rings is 2. The first-order valence-electron chi connectivity index (χ1n) is 13.0. The van der Waals surface area contributed by atoms with Crippen molar-refractivity contribution in [1.29, 1.82) is 5.26 Å². The SMILES string of the molecule is CCOc1cc(CN2CCC(N=C3N=C(N)C(C#N)CN3Cc3ccc(Cl)c(OCC)c3)CC2)ccc1Cl. The fourth-order valence-electron chi connectivity index (χ4n) is 4.69. The van der Waals surface area contributed by atoms with E-state index < -0.39 is 5.92 Å². The molecule has 2 N–H and O–H groups in total. The van der Waals surface area contributed by atoms with E-state index in [0.29, 0.717) is 53.9 Å². The van der Waals surface area contributed by atoms with Crippen LogP contribution in [0.4, 0.5) is 0 Å². The Labute approximate surface area is 234 Å². The molecule has 1 fully saturated rings. The Morgan fingerprint density at radius 3 is 2.13 bits per heavy atom. The lowest BCUT2D eigenvalue weighted by Crippen LogP contribution is -2.45. The second-order valence-electron chi connectivity index (χ2n) is 9.43. The Morgan fingerprint density at radius 1 is 1.00 bits per heavy atom. The molecule has 4 rings (SSSR count). The highest BCUT2D eigenvalue weighted by Gasteiger charge is 2.28. The van der Waals surface area contributed by atoms with Gasteiger partial charge in [-0.2, -0.15) is 10.3 Å². The van der Waals surface area contributed by atoms with Crippen LogP contribution < -0.4 is 15.2 Å². The van der Waals surface area contributed by atoms with E-state index in [9.17, 15) is 5.26 Å². The lowest BCUT2D eigenvalue weighted by Gasteiger charge is -2.33. The number of likely N-dealkylation sites (tertiary alicyclic amines) is 1. The number of ether oxygens (including phenoxy) is 2. The van der Waals surface area contributed by atoms with Gasteiger partial charge in [0, 0.05) is 32.7 Å². The standard InChI is InChI=1S/C28H34Cl2N6O2/c1-3-37-25-13-19(5-7-23(25)29)16-35-11-9-22(10-12-35)33-28-34-27(32)21(15-31)18-36(28)17-20-6-8-24(30)26(14-20)38-4-2/h5-8,13-14,21-22H,3-4,9-12,16-18H2,1-2H3,(H2,32,33,34). The molecule has 2 aliphatic heterocycles. The predicted molar refractivity (Wildman–Crippen MR) is 152 cm³/mol. The number of nitriles is 1. The second kappa shape index (κ2) is 13.2. The van der Waals surface area contributed by atoms with Crippen LogP contribution in [0.2, 0.25) is 10.0 Å². The van der Waals surface area contributed by atoms with E-state index in [1.807, 2.05) is 55.1 Å². The van der Waals surface area contributed by atoms with E-state index in [2.05, 4.69) is 16.0 Å². The summed E-state index contributed by atoms with van der Waals surface area (Å²) in [6, 6.07) is 14.1. The third-order valence-corrected chi connectivity index (χ3v) is 7.28. The first kappa shape index (κ1) is 28.0. The number of amidine groups is 1. The molecule has 0 amide bonds. The summed E-state index contributed by atoms with van der Waals surface area (Å²) >= 11 is 12.5. The largest absolute Gasteiger partial charge is 0.492 e. The molecule has 1 atom stereocenters. The quantitative estimate of drug-likeness (QED) is 0.459. The third-order valence-electron chi connectivity index (χ3n) is 6.65. The van der Waals surface area contributed by atoms with Gasteiger partial charge in [0.2, 0.25) is 5.96 Å². The maximum atomic E-state index is 9.58. The fourth-order valence-corrected chi connectivity index (χ4v) is 5.03. The number of guanidine groups is 1. The molecule has 0 saturated carbocycles. The maximum Gasteiger partial charge on any atom is 0.223 e. The van der Waals surface area contributed by atoms with Crippen LogP contribution in [0.1, 0.15) is 37.8 Å². The van der Waals surface area contributed by atoms with E-state index in [-0.39, 0.29) is 6.04 Å². The molecule has 2 aromatic carbocycles. The summed E-state index contributed by atoms with van der Waals surface area (Å²) in [5.74, 6) is 1.79. The van der Waals surface area contributed by atoms with E-state index >= 15 is 0 Å². The van der Waals surface area contributed by atoms with E-state index in [1.54, 1.807) is 0 Å². The van der Waals surface area contributed by atoms with Crippen molar-refractivity contribution in [2.45, 2.75) is 45.8 Å². The first-order chi connectivity index (χ1) is 18.4. The zero-order valence-corrected chi connectivity index (χ0v) is 23.4. The smallest absolute Gasteiger partial charge is 0.223 e. The van der Waals surface area contributed by atoms with Crippen LogP contribution in [-0.2, 0) is 13.1 Å². The van der Waals surface area contributed by atoms with Gasteiger partial charge in [-0.05, 0) is 62.1 Å². The van der Waals surface area contributed by atoms with E-state index in [4.69, 9.17) is 43.4 Å². The van der Waals surface area contributed by atoms with Gasteiger partial charge in [0.05, 0.1) is 35.4 Å². The van der Waals surface area contributed by atoms with Crippen molar-refractivity contribution in [2.24, 2.45) is 21.6 Å². The minimum Gasteiger partial charge on any atom is -0.492 e. The highest BCUT2D eigenvalue weighted by Crippen LogP contribution is 2.28. The fraction of sp³-hybridized carbons (Fsp3) is 0.464. The molecule has 0 spiro atoms. The van der Waals surface area contributed by atoms with Crippen LogP contribution in [0.25, 0.3) is 0 Å². The minimum absolute atomic E-state index is 0.132. The van der Waals surface area contributed by atoms with Crippen LogP contribution >= 0.6 is 23.2 Å². The highest BCUT2D eigenvalue weighted by molar-refractivity contribution is 6.32. The number of aliphatic imine (C=N–C) groups is 2. The van der Waals surface area contributed by atoms with Gasteiger partial charge < -0.3 is 20.1 Å². The molecular formula is C28H34Cl2N6O2. The van der Waals surface area contributed by atoms with Gasteiger partial charge in [-0.3, -0.25) is 4.90 Å². The van der Waals surface area contributed by atoms with Crippen molar-refractivity contribution in [1.82, 2.24) is 9.80 Å². The van der Waals surface area contributed by atoms with Crippen molar-refractivity contribution < 1.29 is 9.47 Å². The molecule has 0 radical (unpaired) electrons. The van der Waals surface area contributed by atoms with Gasteiger partial charge in [0.25, 0.3) is 0 Å². The van der Waals surface area contributed by atoms with E-state index in [0.717, 1.165) is 43.8 Å². The number of nitrogens with zero attached hydrogens (tertiary/aromatic N) is 5. The third kappa shape index (κ3) is 7.10. The summed E-state index contributed by atoms with van der Waals surface area (Å²) in [4.78, 5) is 14.0. The van der Waals surface area contributed by atoms with Gasteiger partial charge >= 0.3 is 0 Å². The summed E-state index contributed by atoms with van der Waals surface area (Å²) in [6.45, 7) is 8.63. The maximum absolute atomic E-state index is 9.58. The van der Waals surface area contributed by atoms with Crippen LogP contribution in [0.5, 0.6) is 11.5 Å². The molecule has 2 heterocycles. The highest BCUT2D eigenvalue weighted by atomic mass is 35.5. The first-order valence-corrected chi connectivity index (χ1v) is 13.8. The minimum atomic E-state index is -0.476. The molecule has 0 bridgehead atoms. The van der Waals surface area contributed by atoms with Gasteiger partial charge in [-0.15, -0.1) is 0 Å². The van der Waals surface area contributed by atoms with Crippen molar-refractivity contribution in [2.75, 3.05) is 32.8 Å². The number of halogens is 2. The van der Waals surface area contributed by atoms with Gasteiger partial charge in [0.1, 0.15) is 23.3 Å². The molecule has 202 valence electrons. The van der Waals surface area contributed by atoms with Crippen LogP contribution in [0, 0.1) is 17.2 Å². The number of hydrogen-bond donors (Lipinski definition) is 1. The molecule has 0 aromatic heterocycles. The van der Waals surface area contributed by atoms with Crippen molar-refractivity contribution in [3.8, 4) is 17.6 Å². The summed E-state index contributed by atoms with van der Waals surface area (Å²) in [5.41, 5.74) is 8.31. The normalized spacial score (nSPS) is 19.8. The Morgan fingerprint density at radius 2 is 1.58 bits per heavy atom. The average Bonchev–Trinajstić information content (AvgIpc) is 2.91. The molecular weight excluding hydrogens is 523 g/mol. The number of piperidine rings is 1. The number of rotatable bonds is 9. The predicted octanol–water partition coefficient (Wildman–Crippen LogP) is 5.12. The second-order valence-corrected chi connectivity index (χ2v) is 10.2. The number of hydrogen-bond acceptors (Lipinski definition) is 6. The zero-order valence-electron chi connectivity index (χ0n) is 21.9. The van der Waals surface area contributed by atoms with Gasteiger partial charge in [-0.25, -0.2) is 4.99 Å². The van der Waals surface area contributed by atoms with Gasteiger partial charge in [-0.1, -0.05) is 35.3 Å². The van der Waals surface area contributed by atoms with Crippen molar-refractivity contribution in [3.05, 3.63) is 57.6 Å². The Bertz CT molecular complexity index is 1220. The monoisotopic (exact) mass is 556 g/mol. The van der Waals surface area contributed by atoms with Crippen LogP contribution in [0.3, 0.4) is 0 Å². The van der Waals surface area contributed by atoms with Crippen LogP contribution in [-0.4, -0.2) is 60.5 Å².